The van der Waals surface area contributed by atoms with Crippen LogP contribution in [0.25, 0.3) is 0 Å². The van der Waals surface area contributed by atoms with Crippen molar-refractivity contribution in [3.05, 3.63) is 78.1 Å². The quantitative estimate of drug-likeness (QED) is 0.673. The second-order valence-corrected chi connectivity index (χ2v) is 7.19. The number of nitrogens with one attached hydrogen (secondary N) is 1. The van der Waals surface area contributed by atoms with Gasteiger partial charge in [-0.25, -0.2) is 8.42 Å². The number of nitrogens with zero attached hydrogens (tertiary/aromatic N) is 2. The van der Waals surface area contributed by atoms with Crippen LogP contribution in [0.5, 0.6) is 0 Å². The van der Waals surface area contributed by atoms with Crippen molar-refractivity contribution < 1.29 is 8.42 Å². The third-order valence-electron chi connectivity index (χ3n) is 3.49. The van der Waals surface area contributed by atoms with E-state index in [0.717, 1.165) is 5.56 Å². The molecule has 7 heteroatoms. The molecule has 0 amide bonds. The zero-order chi connectivity index (χ0) is 17.0. The fraction of sp³-hybridized carbons (Fsp3) is 0.118. The van der Waals surface area contributed by atoms with E-state index in [2.05, 4.69) is 9.82 Å². The Hall–Kier alpha value is -2.80. The molecule has 2 aromatic carbocycles. The lowest BCUT2D eigenvalue weighted by Crippen LogP contribution is -2.15. The Kier molecular flexibility index (Phi) is 4.52. The van der Waals surface area contributed by atoms with E-state index in [9.17, 15) is 8.42 Å². The third-order valence-corrected chi connectivity index (χ3v) is 4.73. The Bertz CT molecular complexity index is 921. The van der Waals surface area contributed by atoms with Gasteiger partial charge < -0.3 is 5.73 Å². The number of nitrogen functional groups attached to an aromatic ring is 1. The molecular weight excluding hydrogens is 324 g/mol. The molecule has 0 fully saturated rings. The maximum Gasteiger partial charge on any atom is 0.237 e. The largest absolute Gasteiger partial charge is 0.398 e. The van der Waals surface area contributed by atoms with Gasteiger partial charge in [0, 0.05) is 11.9 Å². The number of anilines is 2. The summed E-state index contributed by atoms with van der Waals surface area (Å²) in [6.07, 6.45) is 3.16. The standard InChI is InChI=1S/C17H18N4O2S/c18-17-9-5-4-8-15(17)13-24(22,23)20-16-10-19-21(12-16)11-14-6-2-1-3-7-14/h1-10,12,20H,11,13,18H2. The van der Waals surface area contributed by atoms with Crippen molar-refractivity contribution in [1.82, 2.24) is 9.78 Å². The van der Waals surface area contributed by atoms with Crippen LogP contribution in [-0.2, 0) is 22.3 Å². The monoisotopic (exact) mass is 342 g/mol. The first-order chi connectivity index (χ1) is 11.5. The zero-order valence-electron chi connectivity index (χ0n) is 13.0. The minimum atomic E-state index is -3.55. The van der Waals surface area contributed by atoms with Crippen LogP contribution in [0.4, 0.5) is 11.4 Å². The van der Waals surface area contributed by atoms with E-state index in [-0.39, 0.29) is 5.75 Å². The number of hydrogen-bond acceptors (Lipinski definition) is 4. The third kappa shape index (κ3) is 4.14. The van der Waals surface area contributed by atoms with Crippen molar-refractivity contribution in [3.63, 3.8) is 0 Å². The Balaban J connectivity index is 1.68. The zero-order valence-corrected chi connectivity index (χ0v) is 13.8. The van der Waals surface area contributed by atoms with E-state index in [1.54, 1.807) is 35.1 Å². The SMILES string of the molecule is Nc1ccccc1CS(=O)(=O)Nc1cnn(Cc2ccccc2)c1. The van der Waals surface area contributed by atoms with E-state index in [1.807, 2.05) is 30.3 Å². The molecule has 6 nitrogen and oxygen atoms in total. The van der Waals surface area contributed by atoms with Crippen LogP contribution in [-0.4, -0.2) is 18.2 Å². The number of nitrogens with two attached hydrogens (primary N) is 1. The van der Waals surface area contributed by atoms with E-state index >= 15 is 0 Å². The van der Waals surface area contributed by atoms with Gasteiger partial charge in [-0.15, -0.1) is 0 Å². The van der Waals surface area contributed by atoms with Crippen LogP contribution < -0.4 is 10.5 Å². The van der Waals surface area contributed by atoms with E-state index in [4.69, 9.17) is 5.73 Å². The van der Waals surface area contributed by atoms with E-state index in [0.29, 0.717) is 23.5 Å². The van der Waals surface area contributed by atoms with Gasteiger partial charge in [-0.05, 0) is 17.2 Å². The van der Waals surface area contributed by atoms with Crippen molar-refractivity contribution >= 4 is 21.4 Å². The molecule has 0 aliphatic rings. The summed E-state index contributed by atoms with van der Waals surface area (Å²) in [6, 6.07) is 16.7. The minimum Gasteiger partial charge on any atom is -0.398 e. The van der Waals surface area contributed by atoms with Crippen molar-refractivity contribution in [3.8, 4) is 0 Å². The molecule has 1 aromatic heterocycles. The predicted molar refractivity (Wildman–Crippen MR) is 94.9 cm³/mol. The van der Waals surface area contributed by atoms with Crippen LogP contribution in [0.3, 0.4) is 0 Å². The second-order valence-electron chi connectivity index (χ2n) is 5.47. The van der Waals surface area contributed by atoms with Crippen molar-refractivity contribution in [2.24, 2.45) is 0 Å². The Labute approximate surface area is 141 Å². The van der Waals surface area contributed by atoms with Crippen LogP contribution in [0.15, 0.2) is 67.0 Å². The van der Waals surface area contributed by atoms with Gasteiger partial charge in [-0.3, -0.25) is 9.40 Å². The normalized spacial score (nSPS) is 11.3. The summed E-state index contributed by atoms with van der Waals surface area (Å²) in [5.41, 5.74) is 8.36. The molecule has 0 spiro atoms. The fourth-order valence-electron chi connectivity index (χ4n) is 2.36. The first-order valence-corrected chi connectivity index (χ1v) is 9.07. The molecule has 0 radical (unpaired) electrons. The average Bonchev–Trinajstić information content (AvgIpc) is 2.96. The Morgan fingerprint density at radius 2 is 1.75 bits per heavy atom. The van der Waals surface area contributed by atoms with Crippen LogP contribution in [0, 0.1) is 0 Å². The van der Waals surface area contributed by atoms with Gasteiger partial charge in [0.05, 0.1) is 24.2 Å². The molecule has 0 unspecified atom stereocenters. The molecule has 1 heterocycles. The first-order valence-electron chi connectivity index (χ1n) is 7.42. The number of rotatable bonds is 6. The molecule has 0 saturated carbocycles. The smallest absolute Gasteiger partial charge is 0.237 e. The number of sulfonamides is 1. The van der Waals surface area contributed by atoms with Crippen molar-refractivity contribution in [2.75, 3.05) is 10.5 Å². The summed E-state index contributed by atoms with van der Waals surface area (Å²) in [5, 5.41) is 4.19. The van der Waals surface area contributed by atoms with Gasteiger partial charge in [0.15, 0.2) is 0 Å². The molecule has 24 heavy (non-hydrogen) atoms. The highest BCUT2D eigenvalue weighted by Gasteiger charge is 2.14. The minimum absolute atomic E-state index is 0.177. The number of para-hydroxylation sites is 1. The van der Waals surface area contributed by atoms with Crippen molar-refractivity contribution in [1.29, 1.82) is 0 Å². The van der Waals surface area contributed by atoms with Gasteiger partial charge in [-0.2, -0.15) is 5.10 Å². The van der Waals surface area contributed by atoms with E-state index in [1.165, 1.54) is 6.20 Å². The van der Waals surface area contributed by atoms with Crippen LogP contribution in [0.1, 0.15) is 11.1 Å². The highest BCUT2D eigenvalue weighted by atomic mass is 32.2. The van der Waals surface area contributed by atoms with Crippen LogP contribution >= 0.6 is 0 Å². The summed E-state index contributed by atoms with van der Waals surface area (Å²) >= 11 is 0. The topological polar surface area (TPSA) is 90.0 Å². The summed E-state index contributed by atoms with van der Waals surface area (Å²) in [6.45, 7) is 0.578. The Morgan fingerprint density at radius 1 is 1.04 bits per heavy atom. The molecule has 3 N–H and O–H groups in total. The maximum absolute atomic E-state index is 12.3. The van der Waals surface area contributed by atoms with Gasteiger partial charge in [0.1, 0.15) is 0 Å². The van der Waals surface area contributed by atoms with Crippen molar-refractivity contribution in [2.45, 2.75) is 12.3 Å². The fourth-order valence-corrected chi connectivity index (χ4v) is 3.57. The molecule has 0 aliphatic carbocycles. The highest BCUT2D eigenvalue weighted by molar-refractivity contribution is 7.91. The molecule has 0 bridgehead atoms. The molecule has 0 saturated heterocycles. The first kappa shape index (κ1) is 16.1. The summed E-state index contributed by atoms with van der Waals surface area (Å²) in [4.78, 5) is 0. The summed E-state index contributed by atoms with van der Waals surface area (Å²) in [7, 11) is -3.55. The molecule has 3 aromatic rings. The van der Waals surface area contributed by atoms with Gasteiger partial charge in [-0.1, -0.05) is 48.5 Å². The predicted octanol–water partition coefficient (Wildman–Crippen LogP) is 2.46. The average molecular weight is 342 g/mol. The van der Waals surface area contributed by atoms with Gasteiger partial charge in [0.2, 0.25) is 10.0 Å². The lowest BCUT2D eigenvalue weighted by molar-refractivity contribution is 0.600. The van der Waals surface area contributed by atoms with E-state index < -0.39 is 10.0 Å². The Morgan fingerprint density at radius 3 is 2.50 bits per heavy atom. The number of aromatic nitrogens is 2. The molecule has 124 valence electrons. The van der Waals surface area contributed by atoms with Gasteiger partial charge >= 0.3 is 0 Å². The molecule has 0 atom stereocenters. The molecular formula is C17H18N4O2S. The number of benzene rings is 2. The summed E-state index contributed by atoms with van der Waals surface area (Å²) < 4.78 is 28.8. The maximum atomic E-state index is 12.3. The second kappa shape index (κ2) is 6.76. The number of hydrogen-bond donors (Lipinski definition) is 2. The summed E-state index contributed by atoms with van der Waals surface area (Å²) in [5.74, 6) is -0.177. The lowest BCUT2D eigenvalue weighted by Gasteiger charge is -2.08. The van der Waals surface area contributed by atoms with Crippen LogP contribution in [0.2, 0.25) is 0 Å². The lowest BCUT2D eigenvalue weighted by atomic mass is 10.2. The molecule has 3 rings (SSSR count). The highest BCUT2D eigenvalue weighted by Crippen LogP contribution is 2.17. The van der Waals surface area contributed by atoms with Gasteiger partial charge in [0.25, 0.3) is 0 Å². The molecule has 0 aliphatic heterocycles.